The number of rotatable bonds is 6. The van der Waals surface area contributed by atoms with Gasteiger partial charge in [0, 0.05) is 42.5 Å². The second kappa shape index (κ2) is 8.56. The van der Waals surface area contributed by atoms with Crippen LogP contribution in [-0.2, 0) is 18.3 Å². The first-order valence-corrected chi connectivity index (χ1v) is 11.7. The minimum Gasteiger partial charge on any atom is -0.443 e. The number of carbonyl (C=O) groups is 1. The predicted molar refractivity (Wildman–Crippen MR) is 135 cm³/mol. The molecule has 5 heterocycles. The number of aryl methyl sites for hydroxylation is 2. The third-order valence-corrected chi connectivity index (χ3v) is 6.55. The first-order chi connectivity index (χ1) is 17.4. The van der Waals surface area contributed by atoms with Gasteiger partial charge in [0.15, 0.2) is 0 Å². The van der Waals surface area contributed by atoms with Crippen LogP contribution in [0.15, 0.2) is 59.9 Å². The van der Waals surface area contributed by atoms with E-state index in [0.717, 1.165) is 40.3 Å². The van der Waals surface area contributed by atoms with Crippen molar-refractivity contribution in [1.82, 2.24) is 29.7 Å². The number of hydrogen-bond donors (Lipinski definition) is 2. The maximum absolute atomic E-state index is 12.8. The van der Waals surface area contributed by atoms with Crippen LogP contribution in [-0.4, -0.2) is 35.6 Å². The van der Waals surface area contributed by atoms with Crippen molar-refractivity contribution in [2.45, 2.75) is 19.8 Å². The molecule has 0 radical (unpaired) electrons. The molecule has 0 aromatic carbocycles. The Morgan fingerprint density at radius 1 is 1.17 bits per heavy atom. The molecule has 0 aliphatic heterocycles. The van der Waals surface area contributed by atoms with Gasteiger partial charge < -0.3 is 15.5 Å². The fraction of sp³-hybridized carbons (Fsp3) is 0.231. The molecule has 0 spiro atoms. The highest BCUT2D eigenvalue weighted by molar-refractivity contribution is 5.98. The topological polar surface area (TPSA) is 138 Å². The molecular weight excluding hydrogens is 456 g/mol. The standard InChI is InChI=1S/C26H24N8O2/c1-14-5-22(26-28-3-4-36-26)29-11-19(14)21-8-17-9-23(30-12-20(17)24(27)32-21)33-25(35)18-7-16(18)6-15-10-31-34(2)13-15/h3-5,8-13,16,18H,6-7H2,1-2H3,(H2,27,32)(H,30,33,35)/t16?,18-/m0/s1. The van der Waals surface area contributed by atoms with E-state index < -0.39 is 0 Å². The number of amides is 1. The third kappa shape index (κ3) is 4.17. The van der Waals surface area contributed by atoms with Gasteiger partial charge in [-0.05, 0) is 60.4 Å². The van der Waals surface area contributed by atoms with Crippen molar-refractivity contribution in [1.29, 1.82) is 0 Å². The molecule has 6 rings (SSSR count). The molecule has 1 unspecified atom stereocenters. The minimum atomic E-state index is -0.0170. The summed E-state index contributed by atoms with van der Waals surface area (Å²) >= 11 is 0. The van der Waals surface area contributed by atoms with E-state index in [2.05, 4.69) is 30.4 Å². The molecule has 1 saturated carbocycles. The number of nitrogens with two attached hydrogens (primary N) is 1. The van der Waals surface area contributed by atoms with Gasteiger partial charge in [0.1, 0.15) is 23.6 Å². The Kier molecular flexibility index (Phi) is 5.21. The van der Waals surface area contributed by atoms with Crippen LogP contribution >= 0.6 is 0 Å². The van der Waals surface area contributed by atoms with Crippen molar-refractivity contribution in [3.8, 4) is 22.8 Å². The summed E-state index contributed by atoms with van der Waals surface area (Å²) in [4.78, 5) is 30.4. The molecular formula is C26H24N8O2. The van der Waals surface area contributed by atoms with Crippen molar-refractivity contribution >= 4 is 28.3 Å². The second-order valence-electron chi connectivity index (χ2n) is 9.22. The normalized spacial score (nSPS) is 16.8. The van der Waals surface area contributed by atoms with Crippen molar-refractivity contribution in [2.75, 3.05) is 11.1 Å². The van der Waals surface area contributed by atoms with Crippen LogP contribution in [0.1, 0.15) is 17.5 Å². The molecule has 36 heavy (non-hydrogen) atoms. The Morgan fingerprint density at radius 3 is 2.81 bits per heavy atom. The molecule has 1 aliphatic carbocycles. The monoisotopic (exact) mass is 480 g/mol. The molecule has 0 saturated heterocycles. The first kappa shape index (κ1) is 21.9. The number of nitrogens with zero attached hydrogens (tertiary/aromatic N) is 6. The molecule has 1 amide bonds. The summed E-state index contributed by atoms with van der Waals surface area (Å²) < 4.78 is 7.13. The summed E-state index contributed by atoms with van der Waals surface area (Å²) in [5.74, 6) is 1.61. The second-order valence-corrected chi connectivity index (χ2v) is 9.22. The lowest BCUT2D eigenvalue weighted by molar-refractivity contribution is -0.117. The fourth-order valence-corrected chi connectivity index (χ4v) is 4.56. The number of aromatic nitrogens is 6. The summed E-state index contributed by atoms with van der Waals surface area (Å²) in [6.07, 6.45) is 12.0. The van der Waals surface area contributed by atoms with Gasteiger partial charge in [0.2, 0.25) is 11.8 Å². The summed E-state index contributed by atoms with van der Waals surface area (Å²) in [6.45, 7) is 1.97. The van der Waals surface area contributed by atoms with Gasteiger partial charge in [-0.2, -0.15) is 5.10 Å². The van der Waals surface area contributed by atoms with Gasteiger partial charge in [-0.15, -0.1) is 0 Å². The van der Waals surface area contributed by atoms with Crippen molar-refractivity contribution in [3.63, 3.8) is 0 Å². The molecule has 1 fully saturated rings. The van der Waals surface area contributed by atoms with Gasteiger partial charge >= 0.3 is 0 Å². The Balaban J connectivity index is 1.22. The average Bonchev–Trinajstić information content (AvgIpc) is 3.21. The average molecular weight is 481 g/mol. The Morgan fingerprint density at radius 2 is 2.06 bits per heavy atom. The first-order valence-electron chi connectivity index (χ1n) is 11.7. The highest BCUT2D eigenvalue weighted by Gasteiger charge is 2.43. The van der Waals surface area contributed by atoms with Gasteiger partial charge in [-0.1, -0.05) is 0 Å². The minimum absolute atomic E-state index is 0.0137. The van der Waals surface area contributed by atoms with Crippen LogP contribution in [0.25, 0.3) is 33.6 Å². The van der Waals surface area contributed by atoms with E-state index in [0.29, 0.717) is 34.8 Å². The summed E-state index contributed by atoms with van der Waals surface area (Å²) in [7, 11) is 1.89. The molecule has 2 atom stereocenters. The van der Waals surface area contributed by atoms with Crippen molar-refractivity contribution in [2.24, 2.45) is 18.9 Å². The summed E-state index contributed by atoms with van der Waals surface area (Å²) in [5, 5.41) is 8.73. The maximum atomic E-state index is 12.8. The Bertz CT molecular complexity index is 1590. The van der Waals surface area contributed by atoms with E-state index in [1.807, 2.05) is 44.6 Å². The van der Waals surface area contributed by atoms with E-state index in [1.54, 1.807) is 23.3 Å². The molecule has 180 valence electrons. The zero-order valence-corrected chi connectivity index (χ0v) is 19.8. The van der Waals surface area contributed by atoms with E-state index in [-0.39, 0.29) is 11.8 Å². The number of pyridine rings is 3. The van der Waals surface area contributed by atoms with Crippen molar-refractivity contribution in [3.05, 3.63) is 66.6 Å². The van der Waals surface area contributed by atoms with Crippen LogP contribution in [0.3, 0.4) is 0 Å². The van der Waals surface area contributed by atoms with Crippen molar-refractivity contribution < 1.29 is 9.21 Å². The van der Waals surface area contributed by atoms with Crippen LogP contribution in [0, 0.1) is 18.8 Å². The molecule has 10 heteroatoms. The molecule has 10 nitrogen and oxygen atoms in total. The van der Waals surface area contributed by atoms with Gasteiger partial charge in [-0.3, -0.25) is 14.5 Å². The highest BCUT2D eigenvalue weighted by atomic mass is 16.3. The lowest BCUT2D eigenvalue weighted by Crippen LogP contribution is -2.16. The molecule has 0 bridgehead atoms. The molecule has 5 aromatic heterocycles. The number of fused-ring (bicyclic) bond motifs is 1. The van der Waals surface area contributed by atoms with Crippen LogP contribution < -0.4 is 11.1 Å². The summed E-state index contributed by atoms with van der Waals surface area (Å²) in [6, 6.07) is 5.66. The third-order valence-electron chi connectivity index (χ3n) is 6.55. The molecule has 3 N–H and O–H groups in total. The van der Waals surface area contributed by atoms with Crippen LogP contribution in [0.5, 0.6) is 0 Å². The Labute approximate surface area is 206 Å². The number of anilines is 2. The maximum Gasteiger partial charge on any atom is 0.244 e. The van der Waals surface area contributed by atoms with E-state index in [1.165, 1.54) is 6.26 Å². The number of carbonyl (C=O) groups excluding carboxylic acids is 1. The zero-order chi connectivity index (χ0) is 24.8. The number of hydrogen-bond acceptors (Lipinski definition) is 8. The van der Waals surface area contributed by atoms with Crippen LogP contribution in [0.2, 0.25) is 0 Å². The molecule has 5 aromatic rings. The van der Waals surface area contributed by atoms with Gasteiger partial charge in [0.05, 0.1) is 18.1 Å². The quantitative estimate of drug-likeness (QED) is 0.374. The number of nitrogens with one attached hydrogen (secondary N) is 1. The smallest absolute Gasteiger partial charge is 0.244 e. The lowest BCUT2D eigenvalue weighted by Gasteiger charge is -2.11. The largest absolute Gasteiger partial charge is 0.443 e. The van der Waals surface area contributed by atoms with E-state index in [4.69, 9.17) is 10.2 Å². The predicted octanol–water partition coefficient (Wildman–Crippen LogP) is 3.79. The van der Waals surface area contributed by atoms with E-state index >= 15 is 0 Å². The molecule has 1 aliphatic rings. The lowest BCUT2D eigenvalue weighted by atomic mass is 10.0. The number of nitrogen functional groups attached to an aromatic ring is 1. The summed E-state index contributed by atoms with van der Waals surface area (Å²) in [5.41, 5.74) is 10.5. The van der Waals surface area contributed by atoms with E-state index in [9.17, 15) is 4.79 Å². The Hall–Kier alpha value is -4.60. The number of oxazole rings is 1. The SMILES string of the molecule is Cc1cc(-c2ncco2)ncc1-c1cc2cc(NC(=O)[C@H]3CC3Cc3cnn(C)c3)ncc2c(N)n1. The van der Waals surface area contributed by atoms with Gasteiger partial charge in [-0.25, -0.2) is 15.0 Å². The zero-order valence-electron chi connectivity index (χ0n) is 19.8. The van der Waals surface area contributed by atoms with Gasteiger partial charge in [0.25, 0.3) is 0 Å². The highest BCUT2D eigenvalue weighted by Crippen LogP contribution is 2.42. The fourth-order valence-electron chi connectivity index (χ4n) is 4.56. The van der Waals surface area contributed by atoms with Crippen LogP contribution in [0.4, 0.5) is 11.6 Å².